The van der Waals surface area contributed by atoms with Gasteiger partial charge in [0.15, 0.2) is 0 Å². The minimum atomic E-state index is -0.533. The Morgan fingerprint density at radius 1 is 1.20 bits per heavy atom. The molecule has 1 aromatic carbocycles. The Kier molecular flexibility index (Phi) is 3.83. The molecule has 0 atom stereocenters. The van der Waals surface area contributed by atoms with Crippen LogP contribution in [0.4, 0.5) is 8.78 Å². The van der Waals surface area contributed by atoms with E-state index >= 15 is 0 Å². The van der Waals surface area contributed by atoms with Crippen molar-refractivity contribution in [2.45, 2.75) is 27.2 Å². The molecule has 0 bridgehead atoms. The van der Waals surface area contributed by atoms with Gasteiger partial charge in [-0.1, -0.05) is 20.8 Å². The van der Waals surface area contributed by atoms with Gasteiger partial charge in [0.25, 0.3) is 0 Å². The molecule has 82 valence electrons. The highest BCUT2D eigenvalue weighted by Gasteiger charge is 2.08. The van der Waals surface area contributed by atoms with Gasteiger partial charge in [0, 0.05) is 17.6 Å². The summed E-state index contributed by atoms with van der Waals surface area (Å²) in [6, 6.07) is 2.24. The fraction of sp³-hybridized carbons (Fsp3) is 0.333. The van der Waals surface area contributed by atoms with Gasteiger partial charge in [-0.25, -0.2) is 8.78 Å². The van der Waals surface area contributed by atoms with Crippen molar-refractivity contribution in [3.63, 3.8) is 0 Å². The predicted octanol–water partition coefficient (Wildman–Crippen LogP) is 4.03. The normalized spacial score (nSPS) is 9.93. The van der Waals surface area contributed by atoms with Crippen LogP contribution >= 0.6 is 0 Å². The Labute approximate surface area is 88.1 Å². The van der Waals surface area contributed by atoms with E-state index in [0.717, 1.165) is 18.1 Å². The van der Waals surface area contributed by atoms with Crippen molar-refractivity contribution in [2.24, 2.45) is 0 Å². The van der Waals surface area contributed by atoms with Gasteiger partial charge in [0.1, 0.15) is 11.6 Å². The fourth-order valence-electron chi connectivity index (χ4n) is 1.50. The second-order valence-corrected chi connectivity index (χ2v) is 2.98. The summed E-state index contributed by atoms with van der Waals surface area (Å²) >= 11 is 0. The van der Waals surface area contributed by atoms with Gasteiger partial charge in [0.05, 0.1) is 5.52 Å². The van der Waals surface area contributed by atoms with Crippen molar-refractivity contribution in [1.82, 2.24) is 4.98 Å². The molecule has 0 spiro atoms. The van der Waals surface area contributed by atoms with E-state index in [0.29, 0.717) is 10.9 Å². The highest BCUT2D eigenvalue weighted by atomic mass is 19.1. The molecular formula is C12H15F2N. The van der Waals surface area contributed by atoms with Crippen molar-refractivity contribution < 1.29 is 8.78 Å². The molecule has 0 aliphatic carbocycles. The molecule has 0 amide bonds. The van der Waals surface area contributed by atoms with E-state index in [2.05, 4.69) is 4.98 Å². The van der Waals surface area contributed by atoms with E-state index in [4.69, 9.17) is 0 Å². The van der Waals surface area contributed by atoms with Gasteiger partial charge in [-0.05, 0) is 18.1 Å². The molecule has 3 heteroatoms. The van der Waals surface area contributed by atoms with Crippen LogP contribution in [0.1, 0.15) is 26.3 Å². The lowest BCUT2D eigenvalue weighted by atomic mass is 10.1. The number of hydrogen-bond acceptors (Lipinski definition) is 0. The minimum absolute atomic E-state index is 0.387. The third kappa shape index (κ3) is 2.17. The Bertz CT molecular complexity index is 446. The Morgan fingerprint density at radius 3 is 2.47 bits per heavy atom. The lowest BCUT2D eigenvalue weighted by Gasteiger charge is -1.95. The highest BCUT2D eigenvalue weighted by Crippen LogP contribution is 2.22. The predicted molar refractivity (Wildman–Crippen MR) is 58.9 cm³/mol. The van der Waals surface area contributed by atoms with Crippen molar-refractivity contribution in [2.75, 3.05) is 0 Å². The first-order valence-electron chi connectivity index (χ1n) is 5.17. The molecule has 2 rings (SSSR count). The number of hydrogen-bond donors (Lipinski definition) is 1. The third-order valence-electron chi connectivity index (χ3n) is 2.17. The Morgan fingerprint density at radius 2 is 1.87 bits per heavy atom. The maximum absolute atomic E-state index is 13.1. The molecule has 15 heavy (non-hydrogen) atoms. The molecule has 1 N–H and O–H groups in total. The Hall–Kier alpha value is -1.38. The molecular weight excluding hydrogens is 196 g/mol. The van der Waals surface area contributed by atoms with E-state index in [1.54, 1.807) is 6.20 Å². The van der Waals surface area contributed by atoms with Gasteiger partial charge in [-0.3, -0.25) is 0 Å². The van der Waals surface area contributed by atoms with Crippen LogP contribution in [0.5, 0.6) is 0 Å². The number of rotatable bonds is 1. The molecule has 1 aromatic heterocycles. The summed E-state index contributed by atoms with van der Waals surface area (Å²) in [5.74, 6) is -1.06. The molecule has 1 nitrogen and oxygen atoms in total. The van der Waals surface area contributed by atoms with Crippen molar-refractivity contribution in [3.8, 4) is 0 Å². The standard InChI is InChI=1S/C10H9F2N.C2H6/c1-2-6-5-13-10-8(6)3-7(11)4-9(10)12;1-2/h3-5,13H,2H2,1H3;1-2H3. The first-order valence-corrected chi connectivity index (χ1v) is 5.17. The average Bonchev–Trinajstić information content (AvgIpc) is 2.64. The van der Waals surface area contributed by atoms with Crippen LogP contribution in [-0.4, -0.2) is 4.98 Å². The first-order chi connectivity index (χ1) is 7.22. The van der Waals surface area contributed by atoms with Crippen LogP contribution < -0.4 is 0 Å². The maximum Gasteiger partial charge on any atom is 0.150 e. The fourth-order valence-corrected chi connectivity index (χ4v) is 1.50. The van der Waals surface area contributed by atoms with Crippen LogP contribution in [0.3, 0.4) is 0 Å². The van der Waals surface area contributed by atoms with E-state index in [1.165, 1.54) is 6.07 Å². The van der Waals surface area contributed by atoms with E-state index < -0.39 is 11.6 Å². The summed E-state index contributed by atoms with van der Waals surface area (Å²) in [7, 11) is 0. The van der Waals surface area contributed by atoms with Crippen molar-refractivity contribution in [1.29, 1.82) is 0 Å². The lowest BCUT2D eigenvalue weighted by Crippen LogP contribution is -1.82. The van der Waals surface area contributed by atoms with E-state index in [-0.39, 0.29) is 0 Å². The zero-order valence-electron chi connectivity index (χ0n) is 9.20. The zero-order valence-corrected chi connectivity index (χ0v) is 9.20. The topological polar surface area (TPSA) is 15.8 Å². The van der Waals surface area contributed by atoms with Crippen LogP contribution in [0.25, 0.3) is 10.9 Å². The second-order valence-electron chi connectivity index (χ2n) is 2.98. The minimum Gasteiger partial charge on any atom is -0.359 e. The molecule has 0 aliphatic heterocycles. The van der Waals surface area contributed by atoms with Crippen molar-refractivity contribution >= 4 is 10.9 Å². The molecule has 0 saturated carbocycles. The number of H-pyrrole nitrogens is 1. The molecule has 0 saturated heterocycles. The van der Waals surface area contributed by atoms with Crippen molar-refractivity contribution in [3.05, 3.63) is 35.5 Å². The summed E-state index contributed by atoms with van der Waals surface area (Å²) in [4.78, 5) is 2.79. The smallest absolute Gasteiger partial charge is 0.150 e. The summed E-state index contributed by atoms with van der Waals surface area (Å²) in [6.07, 6.45) is 2.48. The SMILES string of the molecule is CC.CCc1c[nH]c2c(F)cc(F)cc12. The average molecular weight is 211 g/mol. The lowest BCUT2D eigenvalue weighted by molar-refractivity contribution is 0.591. The molecule has 0 aliphatic rings. The van der Waals surface area contributed by atoms with Gasteiger partial charge in [-0.2, -0.15) is 0 Å². The number of nitrogens with one attached hydrogen (secondary N) is 1. The highest BCUT2D eigenvalue weighted by molar-refractivity contribution is 5.83. The molecule has 0 fully saturated rings. The van der Waals surface area contributed by atoms with Gasteiger partial charge in [-0.15, -0.1) is 0 Å². The van der Waals surface area contributed by atoms with E-state index in [1.807, 2.05) is 20.8 Å². The maximum atomic E-state index is 13.1. The molecule has 0 radical (unpaired) electrons. The third-order valence-corrected chi connectivity index (χ3v) is 2.17. The summed E-state index contributed by atoms with van der Waals surface area (Å²) < 4.78 is 26.0. The zero-order chi connectivity index (χ0) is 11.4. The summed E-state index contributed by atoms with van der Waals surface area (Å²) in [5, 5.41) is 0.639. The molecule has 0 unspecified atom stereocenters. The number of fused-ring (bicyclic) bond motifs is 1. The van der Waals surface area contributed by atoms with Crippen LogP contribution in [0, 0.1) is 11.6 Å². The second kappa shape index (κ2) is 4.91. The van der Waals surface area contributed by atoms with Crippen LogP contribution in [-0.2, 0) is 6.42 Å². The van der Waals surface area contributed by atoms with Gasteiger partial charge < -0.3 is 4.98 Å². The van der Waals surface area contributed by atoms with Crippen LogP contribution in [0.15, 0.2) is 18.3 Å². The summed E-state index contributed by atoms with van der Waals surface area (Å²) in [6.45, 7) is 5.95. The molecule has 1 heterocycles. The number of halogens is 2. The Balaban J connectivity index is 0.000000531. The number of aromatic nitrogens is 1. The summed E-state index contributed by atoms with van der Waals surface area (Å²) in [5.41, 5.74) is 1.33. The van der Waals surface area contributed by atoms with Gasteiger partial charge >= 0.3 is 0 Å². The van der Waals surface area contributed by atoms with Crippen LogP contribution in [0.2, 0.25) is 0 Å². The number of aryl methyl sites for hydroxylation is 1. The van der Waals surface area contributed by atoms with E-state index in [9.17, 15) is 8.78 Å². The first kappa shape index (κ1) is 11.7. The monoisotopic (exact) mass is 211 g/mol. The molecule has 2 aromatic rings. The van der Waals surface area contributed by atoms with Gasteiger partial charge in [0.2, 0.25) is 0 Å². The quantitative estimate of drug-likeness (QED) is 0.732. The number of benzene rings is 1. The largest absolute Gasteiger partial charge is 0.359 e. The number of aromatic amines is 1.